The highest BCUT2D eigenvalue weighted by Gasteiger charge is 2.66. The molecule has 0 aromatic heterocycles. The number of esters is 2. The number of allylic oxidation sites excluding steroid dienone is 4. The molecule has 138 valence electrons. The van der Waals surface area contributed by atoms with E-state index in [1.54, 1.807) is 0 Å². The maximum absolute atomic E-state index is 12.6. The summed E-state index contributed by atoms with van der Waals surface area (Å²) in [5, 5.41) is 0. The Hall–Kier alpha value is -1.58. The van der Waals surface area contributed by atoms with E-state index in [1.165, 1.54) is 43.8 Å². The van der Waals surface area contributed by atoms with E-state index < -0.39 is 17.4 Å². The fourth-order valence-corrected chi connectivity index (χ4v) is 5.92. The van der Waals surface area contributed by atoms with Gasteiger partial charge in [-0.15, -0.1) is 0 Å². The summed E-state index contributed by atoms with van der Waals surface area (Å²) in [5.74, 6) is 0.357. The molecule has 0 N–H and O–H groups in total. The van der Waals surface area contributed by atoms with Gasteiger partial charge in [0.15, 0.2) is 5.41 Å². The van der Waals surface area contributed by atoms with Crippen molar-refractivity contribution in [2.24, 2.45) is 22.7 Å². The van der Waals surface area contributed by atoms with E-state index in [0.29, 0.717) is 24.2 Å². The van der Waals surface area contributed by atoms with Crippen molar-refractivity contribution in [3.05, 3.63) is 22.3 Å². The fourth-order valence-electron chi connectivity index (χ4n) is 5.92. The second-order valence-electron chi connectivity index (χ2n) is 8.10. The van der Waals surface area contributed by atoms with Crippen molar-refractivity contribution in [2.45, 2.75) is 59.8 Å². The summed E-state index contributed by atoms with van der Waals surface area (Å²) in [6.45, 7) is 8.84. The highest BCUT2D eigenvalue weighted by Crippen LogP contribution is 2.73. The highest BCUT2D eigenvalue weighted by molar-refractivity contribution is 6.01. The van der Waals surface area contributed by atoms with Crippen molar-refractivity contribution in [2.75, 3.05) is 14.2 Å². The molecular formula is C21H30O4. The molecule has 1 fully saturated rings. The Morgan fingerprint density at radius 3 is 2.04 bits per heavy atom. The third-order valence-corrected chi connectivity index (χ3v) is 7.30. The van der Waals surface area contributed by atoms with Gasteiger partial charge < -0.3 is 9.47 Å². The summed E-state index contributed by atoms with van der Waals surface area (Å²) in [6, 6.07) is 0. The second kappa shape index (κ2) is 6.00. The standard InChI is InChI=1S/C21H30O4/c1-7-20(8-2)15-9-12(3)14-11-21(18(22)24-5,19(23)25-6)10-13(4)16(14)17(15)20/h15,17H,7-11H2,1-6H3/t15-,17-/m1/s1. The van der Waals surface area contributed by atoms with Crippen LogP contribution in [0.2, 0.25) is 0 Å². The molecule has 0 radical (unpaired) electrons. The third-order valence-electron chi connectivity index (χ3n) is 7.30. The predicted molar refractivity (Wildman–Crippen MR) is 95.7 cm³/mol. The van der Waals surface area contributed by atoms with Crippen LogP contribution in [0.4, 0.5) is 0 Å². The minimum absolute atomic E-state index is 0.399. The van der Waals surface area contributed by atoms with Gasteiger partial charge in [-0.2, -0.15) is 0 Å². The number of carbonyl (C=O) groups excluding carboxylic acids is 2. The molecule has 0 saturated heterocycles. The van der Waals surface area contributed by atoms with Crippen molar-refractivity contribution >= 4 is 11.9 Å². The van der Waals surface area contributed by atoms with Gasteiger partial charge in [-0.1, -0.05) is 25.0 Å². The Morgan fingerprint density at radius 1 is 1.00 bits per heavy atom. The molecule has 4 heteroatoms. The van der Waals surface area contributed by atoms with Crippen LogP contribution in [-0.2, 0) is 19.1 Å². The molecule has 3 rings (SSSR count). The molecular weight excluding hydrogens is 316 g/mol. The van der Waals surface area contributed by atoms with Crippen LogP contribution in [-0.4, -0.2) is 26.2 Å². The van der Waals surface area contributed by atoms with E-state index in [9.17, 15) is 9.59 Å². The zero-order chi connectivity index (χ0) is 18.6. The van der Waals surface area contributed by atoms with Gasteiger partial charge in [0.05, 0.1) is 14.2 Å². The van der Waals surface area contributed by atoms with Gasteiger partial charge in [-0.05, 0) is 74.3 Å². The average Bonchev–Trinajstić information content (AvgIpc) is 3.26. The monoisotopic (exact) mass is 346 g/mol. The number of hydrogen-bond acceptors (Lipinski definition) is 4. The lowest BCUT2D eigenvalue weighted by atomic mass is 9.66. The van der Waals surface area contributed by atoms with Crippen LogP contribution in [0.3, 0.4) is 0 Å². The van der Waals surface area contributed by atoms with Gasteiger partial charge in [0.25, 0.3) is 0 Å². The summed E-state index contributed by atoms with van der Waals surface area (Å²) >= 11 is 0. The normalized spacial score (nSPS) is 28.9. The largest absolute Gasteiger partial charge is 0.468 e. The Morgan fingerprint density at radius 2 is 1.56 bits per heavy atom. The van der Waals surface area contributed by atoms with E-state index in [-0.39, 0.29) is 0 Å². The predicted octanol–water partition coefficient (Wildman–Crippen LogP) is 4.20. The summed E-state index contributed by atoms with van der Waals surface area (Å²) in [6.07, 6.45) is 4.28. The summed E-state index contributed by atoms with van der Waals surface area (Å²) in [4.78, 5) is 25.2. The number of rotatable bonds is 4. The van der Waals surface area contributed by atoms with Crippen LogP contribution in [0.15, 0.2) is 22.3 Å². The van der Waals surface area contributed by atoms with Gasteiger partial charge in [-0.3, -0.25) is 9.59 Å². The average molecular weight is 346 g/mol. The molecule has 0 unspecified atom stereocenters. The van der Waals surface area contributed by atoms with Crippen LogP contribution in [0, 0.1) is 22.7 Å². The van der Waals surface area contributed by atoms with Crippen LogP contribution in [0.1, 0.15) is 59.8 Å². The van der Waals surface area contributed by atoms with Crippen molar-refractivity contribution in [1.29, 1.82) is 0 Å². The molecule has 0 amide bonds. The van der Waals surface area contributed by atoms with Gasteiger partial charge in [0.2, 0.25) is 0 Å². The molecule has 0 bridgehead atoms. The first-order valence-electron chi connectivity index (χ1n) is 9.38. The number of carbonyl (C=O) groups is 2. The second-order valence-corrected chi connectivity index (χ2v) is 8.10. The maximum atomic E-state index is 12.6. The van der Waals surface area contributed by atoms with E-state index in [0.717, 1.165) is 17.9 Å². The molecule has 0 aromatic rings. The first kappa shape index (κ1) is 18.2. The Kier molecular flexibility index (Phi) is 4.37. The lowest BCUT2D eigenvalue weighted by Gasteiger charge is -2.38. The van der Waals surface area contributed by atoms with Gasteiger partial charge in [0.1, 0.15) is 0 Å². The first-order valence-corrected chi connectivity index (χ1v) is 9.38. The number of fused-ring (bicyclic) bond motifs is 3. The van der Waals surface area contributed by atoms with E-state index in [4.69, 9.17) is 9.47 Å². The van der Waals surface area contributed by atoms with Gasteiger partial charge >= 0.3 is 11.9 Å². The van der Waals surface area contributed by atoms with E-state index in [2.05, 4.69) is 27.7 Å². The van der Waals surface area contributed by atoms with Crippen molar-refractivity contribution in [3.8, 4) is 0 Å². The van der Waals surface area contributed by atoms with Crippen LogP contribution in [0.25, 0.3) is 0 Å². The molecule has 0 aliphatic heterocycles. The summed E-state index contributed by atoms with van der Waals surface area (Å²) < 4.78 is 10.0. The molecule has 1 saturated carbocycles. The zero-order valence-electron chi connectivity index (χ0n) is 16.3. The Labute approximate surface area is 150 Å². The SMILES string of the molecule is CCC1(CC)[C@@H]2CC(C)=C3CC(C(=O)OC)(C(=O)OC)CC(C)=C3[C@@H]21. The van der Waals surface area contributed by atoms with E-state index in [1.807, 2.05) is 0 Å². The fraction of sp³-hybridized carbons (Fsp3) is 0.714. The van der Waals surface area contributed by atoms with Crippen LogP contribution < -0.4 is 0 Å². The molecule has 3 aliphatic rings. The quantitative estimate of drug-likeness (QED) is 0.565. The zero-order valence-corrected chi connectivity index (χ0v) is 16.3. The van der Waals surface area contributed by atoms with Crippen molar-refractivity contribution < 1.29 is 19.1 Å². The van der Waals surface area contributed by atoms with Gasteiger partial charge in [0, 0.05) is 0 Å². The molecule has 25 heavy (non-hydrogen) atoms. The number of methoxy groups -OCH3 is 2. The van der Waals surface area contributed by atoms with Gasteiger partial charge in [-0.25, -0.2) is 0 Å². The summed E-state index contributed by atoms with van der Waals surface area (Å²) in [5.41, 5.74) is 4.31. The molecule has 4 nitrogen and oxygen atoms in total. The first-order chi connectivity index (χ1) is 11.8. The molecule has 2 atom stereocenters. The topological polar surface area (TPSA) is 52.6 Å². The molecule has 0 spiro atoms. The molecule has 0 heterocycles. The Bertz CT molecular complexity index is 662. The van der Waals surface area contributed by atoms with Crippen molar-refractivity contribution in [3.63, 3.8) is 0 Å². The highest BCUT2D eigenvalue weighted by atomic mass is 16.5. The smallest absolute Gasteiger partial charge is 0.323 e. The van der Waals surface area contributed by atoms with Crippen molar-refractivity contribution in [1.82, 2.24) is 0 Å². The molecule has 3 aliphatic carbocycles. The van der Waals surface area contributed by atoms with Crippen LogP contribution >= 0.6 is 0 Å². The minimum atomic E-state index is -1.23. The molecule has 0 aromatic carbocycles. The third kappa shape index (κ3) is 2.25. The Balaban J connectivity index is 2.10. The van der Waals surface area contributed by atoms with Crippen LogP contribution in [0.5, 0.6) is 0 Å². The summed E-state index contributed by atoms with van der Waals surface area (Å²) in [7, 11) is 2.69. The lowest BCUT2D eigenvalue weighted by molar-refractivity contribution is -0.169. The maximum Gasteiger partial charge on any atom is 0.323 e. The minimum Gasteiger partial charge on any atom is -0.468 e. The van der Waals surface area contributed by atoms with E-state index >= 15 is 0 Å². The number of ether oxygens (including phenoxy) is 2. The number of hydrogen-bond donors (Lipinski definition) is 0. The lowest BCUT2D eigenvalue weighted by Crippen LogP contribution is -2.44.